The van der Waals surface area contributed by atoms with E-state index in [1.807, 2.05) is 18.2 Å². The van der Waals surface area contributed by atoms with Gasteiger partial charge >= 0.3 is 0 Å². The van der Waals surface area contributed by atoms with E-state index in [4.69, 9.17) is 4.74 Å². The number of para-hydroxylation sites is 1. The zero-order valence-electron chi connectivity index (χ0n) is 11.5. The summed E-state index contributed by atoms with van der Waals surface area (Å²) in [5, 5.41) is 9.45. The van der Waals surface area contributed by atoms with Gasteiger partial charge in [0.05, 0.1) is 0 Å². The second-order valence-corrected chi connectivity index (χ2v) is 4.57. The van der Waals surface area contributed by atoms with Crippen LogP contribution in [-0.4, -0.2) is 4.98 Å². The number of nitrogens with zero attached hydrogens (tertiary/aromatic N) is 2. The number of halogens is 1. The summed E-state index contributed by atoms with van der Waals surface area (Å²) in [6.07, 6.45) is 1.57. The number of rotatable bonds is 3. The molecule has 106 valence electrons. The SMILES string of the molecule is N#Cc1c(-c2ccc(F)cc2)ccnc1Oc1ccccc1. The molecule has 3 nitrogen and oxygen atoms in total. The largest absolute Gasteiger partial charge is 0.438 e. The van der Waals surface area contributed by atoms with Crippen molar-refractivity contribution in [2.24, 2.45) is 0 Å². The number of hydrogen-bond acceptors (Lipinski definition) is 3. The van der Waals surface area contributed by atoms with Gasteiger partial charge in [0.2, 0.25) is 5.88 Å². The molecule has 0 unspecified atom stereocenters. The smallest absolute Gasteiger partial charge is 0.237 e. The Balaban J connectivity index is 2.04. The lowest BCUT2D eigenvalue weighted by atomic mass is 10.0. The number of nitriles is 1. The minimum absolute atomic E-state index is 0.232. The van der Waals surface area contributed by atoms with E-state index in [0.717, 1.165) is 5.56 Å². The molecule has 0 N–H and O–H groups in total. The van der Waals surface area contributed by atoms with Crippen molar-refractivity contribution in [2.75, 3.05) is 0 Å². The standard InChI is InChI=1S/C18H11FN2O/c19-14-8-6-13(7-9-14)16-10-11-21-18(17(16)12-20)22-15-4-2-1-3-5-15/h1-11H. The molecule has 1 aromatic heterocycles. The summed E-state index contributed by atoms with van der Waals surface area (Å²) < 4.78 is 18.7. The van der Waals surface area contributed by atoms with Gasteiger partial charge in [-0.1, -0.05) is 30.3 Å². The fourth-order valence-electron chi connectivity index (χ4n) is 2.10. The highest BCUT2D eigenvalue weighted by atomic mass is 19.1. The Kier molecular flexibility index (Phi) is 3.80. The first-order chi connectivity index (χ1) is 10.8. The number of pyridine rings is 1. The minimum Gasteiger partial charge on any atom is -0.438 e. The molecular weight excluding hydrogens is 279 g/mol. The molecule has 0 atom stereocenters. The van der Waals surface area contributed by atoms with Gasteiger partial charge in [-0.15, -0.1) is 0 Å². The van der Waals surface area contributed by atoms with Gasteiger partial charge in [-0.05, 0) is 35.9 Å². The summed E-state index contributed by atoms with van der Waals surface area (Å²) in [6, 6.07) is 18.9. The molecule has 0 saturated heterocycles. The van der Waals surface area contributed by atoms with Crippen LogP contribution in [0.3, 0.4) is 0 Å². The first-order valence-corrected chi connectivity index (χ1v) is 6.66. The molecule has 0 bridgehead atoms. The molecule has 0 aliphatic carbocycles. The van der Waals surface area contributed by atoms with E-state index >= 15 is 0 Å². The van der Waals surface area contributed by atoms with Gasteiger partial charge in [0.15, 0.2) is 0 Å². The molecule has 0 aliphatic rings. The number of ether oxygens (including phenoxy) is 1. The van der Waals surface area contributed by atoms with Crippen molar-refractivity contribution in [3.8, 4) is 28.8 Å². The van der Waals surface area contributed by atoms with E-state index < -0.39 is 0 Å². The third kappa shape index (κ3) is 2.79. The monoisotopic (exact) mass is 290 g/mol. The van der Waals surface area contributed by atoms with E-state index in [-0.39, 0.29) is 11.7 Å². The van der Waals surface area contributed by atoms with E-state index in [9.17, 15) is 9.65 Å². The molecule has 0 saturated carbocycles. The van der Waals surface area contributed by atoms with Crippen molar-refractivity contribution < 1.29 is 9.13 Å². The van der Waals surface area contributed by atoms with Gasteiger partial charge in [0.1, 0.15) is 23.2 Å². The molecule has 0 radical (unpaired) electrons. The maximum Gasteiger partial charge on any atom is 0.237 e. The summed E-state index contributed by atoms with van der Waals surface area (Å²) in [4.78, 5) is 4.13. The Morgan fingerprint density at radius 2 is 1.68 bits per heavy atom. The Hall–Kier alpha value is -3.19. The molecule has 3 rings (SSSR count). The van der Waals surface area contributed by atoms with Crippen molar-refractivity contribution in [3.05, 3.63) is 78.2 Å². The van der Waals surface area contributed by atoms with E-state index in [2.05, 4.69) is 11.1 Å². The first-order valence-electron chi connectivity index (χ1n) is 6.66. The molecule has 0 fully saturated rings. The van der Waals surface area contributed by atoms with Crippen molar-refractivity contribution in [2.45, 2.75) is 0 Å². The molecule has 4 heteroatoms. The summed E-state index contributed by atoms with van der Waals surface area (Å²) in [5.74, 6) is 0.510. The fourth-order valence-corrected chi connectivity index (χ4v) is 2.10. The van der Waals surface area contributed by atoms with E-state index in [0.29, 0.717) is 16.9 Å². The van der Waals surface area contributed by atoms with E-state index in [1.54, 1.807) is 36.5 Å². The van der Waals surface area contributed by atoms with Crippen LogP contribution in [0.15, 0.2) is 66.9 Å². The van der Waals surface area contributed by atoms with Crippen molar-refractivity contribution in [3.63, 3.8) is 0 Å². The average molecular weight is 290 g/mol. The number of benzene rings is 2. The van der Waals surface area contributed by atoms with Gasteiger partial charge in [-0.25, -0.2) is 9.37 Å². The molecule has 22 heavy (non-hydrogen) atoms. The van der Waals surface area contributed by atoms with Crippen LogP contribution in [0.5, 0.6) is 11.6 Å². The average Bonchev–Trinajstić information content (AvgIpc) is 2.56. The Bertz CT molecular complexity index is 824. The quantitative estimate of drug-likeness (QED) is 0.710. The third-order valence-electron chi connectivity index (χ3n) is 3.14. The maximum absolute atomic E-state index is 13.0. The van der Waals surface area contributed by atoms with Crippen LogP contribution < -0.4 is 4.74 Å². The lowest BCUT2D eigenvalue weighted by molar-refractivity contribution is 0.461. The van der Waals surface area contributed by atoms with Crippen molar-refractivity contribution >= 4 is 0 Å². The van der Waals surface area contributed by atoms with Crippen LogP contribution in [0, 0.1) is 17.1 Å². The molecule has 0 aliphatic heterocycles. The third-order valence-corrected chi connectivity index (χ3v) is 3.14. The molecule has 0 spiro atoms. The second kappa shape index (κ2) is 6.06. The molecular formula is C18H11FN2O. The van der Waals surface area contributed by atoms with Crippen molar-refractivity contribution in [1.29, 1.82) is 5.26 Å². The van der Waals surface area contributed by atoms with Gasteiger partial charge in [-0.3, -0.25) is 0 Å². The molecule has 1 heterocycles. The van der Waals surface area contributed by atoms with Crippen LogP contribution in [-0.2, 0) is 0 Å². The second-order valence-electron chi connectivity index (χ2n) is 4.57. The summed E-state index contributed by atoms with van der Waals surface area (Å²) >= 11 is 0. The Morgan fingerprint density at radius 3 is 2.36 bits per heavy atom. The van der Waals surface area contributed by atoms with Crippen LogP contribution in [0.4, 0.5) is 4.39 Å². The fraction of sp³-hybridized carbons (Fsp3) is 0. The Morgan fingerprint density at radius 1 is 0.955 bits per heavy atom. The normalized spacial score (nSPS) is 10.0. The summed E-state index contributed by atoms with van der Waals surface area (Å²) in [7, 11) is 0. The number of hydrogen-bond donors (Lipinski definition) is 0. The maximum atomic E-state index is 13.0. The predicted octanol–water partition coefficient (Wildman–Crippen LogP) is 4.55. The van der Waals surface area contributed by atoms with Crippen LogP contribution in [0.2, 0.25) is 0 Å². The highest BCUT2D eigenvalue weighted by Crippen LogP contribution is 2.31. The van der Waals surface area contributed by atoms with E-state index in [1.165, 1.54) is 12.1 Å². The lowest BCUT2D eigenvalue weighted by Gasteiger charge is -2.10. The molecule has 0 amide bonds. The Labute approximate surface area is 127 Å². The zero-order chi connectivity index (χ0) is 15.4. The van der Waals surface area contributed by atoms with Crippen LogP contribution in [0.25, 0.3) is 11.1 Å². The van der Waals surface area contributed by atoms with Gasteiger partial charge < -0.3 is 4.74 Å². The molecule has 3 aromatic rings. The predicted molar refractivity (Wildman–Crippen MR) is 80.9 cm³/mol. The van der Waals surface area contributed by atoms with Crippen molar-refractivity contribution in [1.82, 2.24) is 4.98 Å². The summed E-state index contributed by atoms with van der Waals surface area (Å²) in [6.45, 7) is 0. The summed E-state index contributed by atoms with van der Waals surface area (Å²) in [5.41, 5.74) is 1.71. The lowest BCUT2D eigenvalue weighted by Crippen LogP contribution is -1.94. The minimum atomic E-state index is -0.322. The topological polar surface area (TPSA) is 45.9 Å². The van der Waals surface area contributed by atoms with Crippen LogP contribution >= 0.6 is 0 Å². The highest BCUT2D eigenvalue weighted by Gasteiger charge is 2.13. The number of aromatic nitrogens is 1. The highest BCUT2D eigenvalue weighted by molar-refractivity contribution is 5.72. The van der Waals surface area contributed by atoms with Gasteiger partial charge in [0, 0.05) is 11.8 Å². The first kappa shape index (κ1) is 13.8. The molecule has 2 aromatic carbocycles. The van der Waals surface area contributed by atoms with Gasteiger partial charge in [0.25, 0.3) is 0 Å². The van der Waals surface area contributed by atoms with Gasteiger partial charge in [-0.2, -0.15) is 5.26 Å². The van der Waals surface area contributed by atoms with Crippen LogP contribution in [0.1, 0.15) is 5.56 Å². The zero-order valence-corrected chi connectivity index (χ0v) is 11.5.